The number of hydrogen-bond acceptors (Lipinski definition) is 4. The van der Waals surface area contributed by atoms with Crippen molar-refractivity contribution in [3.05, 3.63) is 65.7 Å². The van der Waals surface area contributed by atoms with E-state index in [1.165, 1.54) is 11.0 Å². The molecule has 3 aromatic carbocycles. The normalized spacial score (nSPS) is 12.7. The molecule has 8 heteroatoms. The van der Waals surface area contributed by atoms with Crippen LogP contribution in [-0.2, 0) is 10.0 Å². The van der Waals surface area contributed by atoms with Crippen LogP contribution >= 0.6 is 0 Å². The van der Waals surface area contributed by atoms with Gasteiger partial charge in [-0.2, -0.15) is 0 Å². The van der Waals surface area contributed by atoms with Crippen molar-refractivity contribution in [3.8, 4) is 0 Å². The molecule has 0 aliphatic carbocycles. The fraction of sp³-hybridized carbons (Fsp3) is 0.100. The molecule has 0 saturated carbocycles. The molecule has 0 unspecified atom stereocenters. The Morgan fingerprint density at radius 1 is 1.00 bits per heavy atom. The topological polar surface area (TPSA) is 95.6 Å². The number of benzene rings is 3. The number of rotatable bonds is 4. The fourth-order valence-corrected chi connectivity index (χ4v) is 4.58. The lowest BCUT2D eigenvalue weighted by molar-refractivity contribution is 0.0828. The van der Waals surface area contributed by atoms with E-state index < -0.39 is 10.0 Å². The minimum atomic E-state index is -4.00. The van der Waals surface area contributed by atoms with E-state index in [-0.39, 0.29) is 28.0 Å². The third-order valence-electron chi connectivity index (χ3n) is 4.59. The van der Waals surface area contributed by atoms with Crippen molar-refractivity contribution in [1.82, 2.24) is 4.90 Å². The van der Waals surface area contributed by atoms with Crippen LogP contribution in [0.1, 0.15) is 20.7 Å². The first-order chi connectivity index (χ1) is 13.3. The van der Waals surface area contributed by atoms with Crippen molar-refractivity contribution in [3.63, 3.8) is 0 Å². The van der Waals surface area contributed by atoms with Gasteiger partial charge in [0, 0.05) is 36.1 Å². The standard InChI is InChI=1S/C20H17N3O4S/c1-23(2)20(25)12-6-3-4-9-15(12)22-28(26,27)17-11-10-16-18-13(17)7-5-8-14(18)19(24)21-16/h3-11,22H,1-2H3,(H,21,24). The van der Waals surface area contributed by atoms with E-state index in [2.05, 4.69) is 10.0 Å². The van der Waals surface area contributed by atoms with Gasteiger partial charge in [0.15, 0.2) is 0 Å². The van der Waals surface area contributed by atoms with Crippen LogP contribution in [0.3, 0.4) is 0 Å². The Labute approximate surface area is 162 Å². The minimum absolute atomic E-state index is 0.0386. The summed E-state index contributed by atoms with van der Waals surface area (Å²) in [5.74, 6) is -0.571. The van der Waals surface area contributed by atoms with Gasteiger partial charge < -0.3 is 10.2 Å². The Kier molecular flexibility index (Phi) is 4.08. The molecule has 7 nitrogen and oxygen atoms in total. The maximum absolute atomic E-state index is 13.1. The number of carbonyl (C=O) groups is 2. The summed E-state index contributed by atoms with van der Waals surface area (Å²) in [6.45, 7) is 0. The van der Waals surface area contributed by atoms with E-state index >= 15 is 0 Å². The van der Waals surface area contributed by atoms with Crippen LogP contribution in [0, 0.1) is 0 Å². The molecule has 0 bridgehead atoms. The SMILES string of the molecule is CN(C)C(=O)c1ccccc1NS(=O)(=O)c1ccc2c3c(cccc13)C(=O)N2. The number of sulfonamides is 1. The zero-order valence-corrected chi connectivity index (χ0v) is 16.0. The quantitative estimate of drug-likeness (QED) is 0.710. The van der Waals surface area contributed by atoms with E-state index in [9.17, 15) is 18.0 Å². The molecule has 1 aliphatic heterocycles. The Balaban J connectivity index is 1.83. The van der Waals surface area contributed by atoms with Crippen molar-refractivity contribution in [2.75, 3.05) is 24.1 Å². The Hall–Kier alpha value is -3.39. The van der Waals surface area contributed by atoms with Gasteiger partial charge >= 0.3 is 0 Å². The van der Waals surface area contributed by atoms with E-state index in [0.29, 0.717) is 22.0 Å². The molecule has 0 saturated heterocycles. The van der Waals surface area contributed by atoms with Gasteiger partial charge in [-0.3, -0.25) is 14.3 Å². The monoisotopic (exact) mass is 395 g/mol. The summed E-state index contributed by atoms with van der Waals surface area (Å²) in [6, 6.07) is 14.4. The van der Waals surface area contributed by atoms with Gasteiger partial charge in [-0.1, -0.05) is 24.3 Å². The highest BCUT2D eigenvalue weighted by Crippen LogP contribution is 2.37. The van der Waals surface area contributed by atoms with E-state index in [1.807, 2.05) is 0 Å². The number of nitrogens with zero attached hydrogens (tertiary/aromatic N) is 1. The molecule has 0 radical (unpaired) electrons. The number of nitrogens with one attached hydrogen (secondary N) is 2. The van der Waals surface area contributed by atoms with E-state index in [1.54, 1.807) is 62.6 Å². The van der Waals surface area contributed by atoms with Gasteiger partial charge in [0.05, 0.1) is 16.1 Å². The lowest BCUT2D eigenvalue weighted by Gasteiger charge is -2.16. The number of amides is 2. The summed E-state index contributed by atoms with van der Waals surface area (Å²) < 4.78 is 28.8. The molecule has 1 aliphatic rings. The van der Waals surface area contributed by atoms with Gasteiger partial charge in [0.1, 0.15) is 0 Å². The summed E-state index contributed by atoms with van der Waals surface area (Å²) in [6.07, 6.45) is 0. The van der Waals surface area contributed by atoms with Crippen LogP contribution in [0.25, 0.3) is 10.8 Å². The highest BCUT2D eigenvalue weighted by molar-refractivity contribution is 7.93. The lowest BCUT2D eigenvalue weighted by atomic mass is 10.1. The van der Waals surface area contributed by atoms with Crippen molar-refractivity contribution in [2.24, 2.45) is 0 Å². The first-order valence-electron chi connectivity index (χ1n) is 8.50. The molecule has 2 N–H and O–H groups in total. The molecule has 28 heavy (non-hydrogen) atoms. The van der Waals surface area contributed by atoms with Gasteiger partial charge in [-0.25, -0.2) is 8.42 Å². The van der Waals surface area contributed by atoms with Gasteiger partial charge in [0.25, 0.3) is 21.8 Å². The second-order valence-corrected chi connectivity index (χ2v) is 8.30. The zero-order valence-electron chi connectivity index (χ0n) is 15.2. The summed E-state index contributed by atoms with van der Waals surface area (Å²) >= 11 is 0. The second kappa shape index (κ2) is 6.35. The molecule has 2 amide bonds. The average molecular weight is 395 g/mol. The van der Waals surface area contributed by atoms with Crippen molar-refractivity contribution in [1.29, 1.82) is 0 Å². The first kappa shape index (κ1) is 18.0. The number of para-hydroxylation sites is 1. The summed E-state index contributed by atoms with van der Waals surface area (Å²) in [5.41, 5.74) is 1.46. The third-order valence-corrected chi connectivity index (χ3v) is 6.01. The summed E-state index contributed by atoms with van der Waals surface area (Å²) in [7, 11) is -0.808. The van der Waals surface area contributed by atoms with Crippen LogP contribution in [0.15, 0.2) is 59.5 Å². The molecular weight excluding hydrogens is 378 g/mol. The van der Waals surface area contributed by atoms with Gasteiger partial charge in [-0.15, -0.1) is 0 Å². The molecule has 0 spiro atoms. The summed E-state index contributed by atoms with van der Waals surface area (Å²) in [5, 5.41) is 3.75. The van der Waals surface area contributed by atoms with Crippen molar-refractivity contribution < 1.29 is 18.0 Å². The zero-order chi connectivity index (χ0) is 20.1. The first-order valence-corrected chi connectivity index (χ1v) is 9.98. The maximum Gasteiger partial charge on any atom is 0.262 e. The number of anilines is 2. The van der Waals surface area contributed by atoms with E-state index in [4.69, 9.17) is 0 Å². The second-order valence-electron chi connectivity index (χ2n) is 6.64. The van der Waals surface area contributed by atoms with Crippen molar-refractivity contribution >= 4 is 44.0 Å². The Morgan fingerprint density at radius 2 is 1.75 bits per heavy atom. The Morgan fingerprint density at radius 3 is 2.50 bits per heavy atom. The maximum atomic E-state index is 13.1. The summed E-state index contributed by atoms with van der Waals surface area (Å²) in [4.78, 5) is 25.9. The molecule has 4 rings (SSSR count). The highest BCUT2D eigenvalue weighted by atomic mass is 32.2. The minimum Gasteiger partial charge on any atom is -0.345 e. The fourth-order valence-electron chi connectivity index (χ4n) is 3.30. The molecular formula is C20H17N3O4S. The molecule has 0 aromatic heterocycles. The van der Waals surface area contributed by atoms with Crippen LogP contribution < -0.4 is 10.0 Å². The van der Waals surface area contributed by atoms with Crippen molar-refractivity contribution in [2.45, 2.75) is 4.90 Å². The third kappa shape index (κ3) is 2.78. The molecule has 0 atom stereocenters. The van der Waals surface area contributed by atoms with E-state index in [0.717, 1.165) is 0 Å². The molecule has 0 fully saturated rings. The lowest BCUT2D eigenvalue weighted by Crippen LogP contribution is -2.24. The van der Waals surface area contributed by atoms with Crippen LogP contribution in [0.4, 0.5) is 11.4 Å². The Bertz CT molecular complexity index is 1250. The van der Waals surface area contributed by atoms with Gasteiger partial charge in [-0.05, 0) is 30.3 Å². The average Bonchev–Trinajstić information content (AvgIpc) is 2.99. The smallest absolute Gasteiger partial charge is 0.262 e. The molecule has 1 heterocycles. The molecule has 142 valence electrons. The number of carbonyl (C=O) groups excluding carboxylic acids is 2. The predicted octanol–water partition coefficient (Wildman–Crippen LogP) is 2.91. The molecule has 3 aromatic rings. The van der Waals surface area contributed by atoms with Gasteiger partial charge in [0.2, 0.25) is 0 Å². The highest BCUT2D eigenvalue weighted by Gasteiger charge is 2.27. The van der Waals surface area contributed by atoms with Crippen LogP contribution in [-0.4, -0.2) is 39.2 Å². The van der Waals surface area contributed by atoms with Crippen LogP contribution in [0.2, 0.25) is 0 Å². The predicted molar refractivity (Wildman–Crippen MR) is 107 cm³/mol. The van der Waals surface area contributed by atoms with Crippen LogP contribution in [0.5, 0.6) is 0 Å². The largest absolute Gasteiger partial charge is 0.345 e. The number of hydrogen-bond donors (Lipinski definition) is 2.